The summed E-state index contributed by atoms with van der Waals surface area (Å²) in [4.78, 5) is 15.9. The molecule has 0 spiro atoms. The van der Waals surface area contributed by atoms with Crippen molar-refractivity contribution in [2.75, 3.05) is 11.5 Å². The van der Waals surface area contributed by atoms with Crippen molar-refractivity contribution in [2.45, 2.75) is 25.4 Å². The van der Waals surface area contributed by atoms with Crippen molar-refractivity contribution in [1.29, 1.82) is 0 Å². The Bertz CT molecular complexity index is 1030. The normalized spacial score (nSPS) is 18.2. The first-order valence-electron chi connectivity index (χ1n) is 9.11. The van der Waals surface area contributed by atoms with Gasteiger partial charge in [-0.15, -0.1) is 11.3 Å². The maximum atomic E-state index is 13.1. The molecular formula is C20H21N3O3S2. The van der Waals surface area contributed by atoms with Crippen LogP contribution in [0, 0.1) is 0 Å². The van der Waals surface area contributed by atoms with Crippen LogP contribution in [-0.2, 0) is 27.6 Å². The summed E-state index contributed by atoms with van der Waals surface area (Å²) in [5.74, 6) is 0.176. The predicted molar refractivity (Wildman–Crippen MR) is 109 cm³/mol. The number of aromatic nitrogens is 2. The molecule has 8 heteroatoms. The van der Waals surface area contributed by atoms with Crippen LogP contribution in [0.3, 0.4) is 0 Å². The Kier molecular flexibility index (Phi) is 5.32. The van der Waals surface area contributed by atoms with Gasteiger partial charge in [0.25, 0.3) is 0 Å². The SMILES string of the molecule is O=C(Cc1ccc(-n2cccn2)cc1)N(Cc1cccs1)[C@H]1CCS(=O)(=O)C1. The maximum Gasteiger partial charge on any atom is 0.227 e. The quantitative estimate of drug-likeness (QED) is 0.621. The van der Waals surface area contributed by atoms with Gasteiger partial charge in [-0.25, -0.2) is 13.1 Å². The minimum atomic E-state index is -3.06. The second-order valence-electron chi connectivity index (χ2n) is 6.95. The highest BCUT2D eigenvalue weighted by Gasteiger charge is 2.34. The van der Waals surface area contributed by atoms with Crippen molar-refractivity contribution in [3.8, 4) is 5.69 Å². The number of rotatable bonds is 6. The fourth-order valence-corrected chi connectivity index (χ4v) is 5.91. The number of nitrogens with zero attached hydrogens (tertiary/aromatic N) is 3. The van der Waals surface area contributed by atoms with Gasteiger partial charge in [-0.05, 0) is 41.6 Å². The number of hydrogen-bond donors (Lipinski definition) is 0. The number of carbonyl (C=O) groups excluding carboxylic acids is 1. The van der Waals surface area contributed by atoms with Crippen LogP contribution in [0.1, 0.15) is 16.9 Å². The molecule has 28 heavy (non-hydrogen) atoms. The molecule has 0 radical (unpaired) electrons. The van der Waals surface area contributed by atoms with Crippen molar-refractivity contribution in [2.24, 2.45) is 0 Å². The summed E-state index contributed by atoms with van der Waals surface area (Å²) >= 11 is 1.58. The molecule has 1 fully saturated rings. The van der Waals surface area contributed by atoms with Crippen LogP contribution in [0.25, 0.3) is 5.69 Å². The predicted octanol–water partition coefficient (Wildman–Crippen LogP) is 2.69. The van der Waals surface area contributed by atoms with E-state index in [0.29, 0.717) is 13.0 Å². The largest absolute Gasteiger partial charge is 0.333 e. The van der Waals surface area contributed by atoms with E-state index in [2.05, 4.69) is 5.10 Å². The molecule has 3 heterocycles. The zero-order valence-corrected chi connectivity index (χ0v) is 16.9. The molecule has 0 saturated carbocycles. The van der Waals surface area contributed by atoms with E-state index >= 15 is 0 Å². The van der Waals surface area contributed by atoms with Crippen molar-refractivity contribution in [3.05, 3.63) is 70.7 Å². The van der Waals surface area contributed by atoms with Gasteiger partial charge in [-0.1, -0.05) is 18.2 Å². The Morgan fingerprint density at radius 2 is 2.04 bits per heavy atom. The fraction of sp³-hybridized carbons (Fsp3) is 0.300. The third kappa shape index (κ3) is 4.34. The van der Waals surface area contributed by atoms with Crippen LogP contribution >= 0.6 is 11.3 Å². The Labute approximate surface area is 168 Å². The van der Waals surface area contributed by atoms with E-state index in [1.807, 2.05) is 54.0 Å². The topological polar surface area (TPSA) is 72.3 Å². The molecular weight excluding hydrogens is 394 g/mol. The van der Waals surface area contributed by atoms with E-state index in [0.717, 1.165) is 16.1 Å². The second-order valence-corrected chi connectivity index (χ2v) is 10.2. The van der Waals surface area contributed by atoms with E-state index in [9.17, 15) is 13.2 Å². The van der Waals surface area contributed by atoms with Gasteiger partial charge in [0.05, 0.1) is 30.2 Å². The Morgan fingerprint density at radius 1 is 1.21 bits per heavy atom. The summed E-state index contributed by atoms with van der Waals surface area (Å²) in [6, 6.07) is 13.2. The highest BCUT2D eigenvalue weighted by atomic mass is 32.2. The first-order valence-corrected chi connectivity index (χ1v) is 11.8. The molecule has 146 valence electrons. The highest BCUT2D eigenvalue weighted by Crippen LogP contribution is 2.23. The van der Waals surface area contributed by atoms with Gasteiger partial charge in [0, 0.05) is 23.3 Å². The molecule has 3 aromatic rings. The van der Waals surface area contributed by atoms with Crippen molar-refractivity contribution in [1.82, 2.24) is 14.7 Å². The van der Waals surface area contributed by atoms with E-state index in [1.54, 1.807) is 27.1 Å². The molecule has 0 bridgehead atoms. The Balaban J connectivity index is 1.50. The minimum Gasteiger partial charge on any atom is -0.333 e. The van der Waals surface area contributed by atoms with Crippen LogP contribution in [0.2, 0.25) is 0 Å². The van der Waals surface area contributed by atoms with E-state index in [1.165, 1.54) is 0 Å². The van der Waals surface area contributed by atoms with Crippen molar-refractivity contribution >= 4 is 27.1 Å². The van der Waals surface area contributed by atoms with Gasteiger partial charge in [-0.3, -0.25) is 4.79 Å². The molecule has 0 unspecified atom stereocenters. The number of hydrogen-bond acceptors (Lipinski definition) is 5. The smallest absolute Gasteiger partial charge is 0.227 e. The lowest BCUT2D eigenvalue weighted by Gasteiger charge is -2.28. The molecule has 1 aliphatic heterocycles. The number of benzene rings is 1. The number of carbonyl (C=O) groups is 1. The van der Waals surface area contributed by atoms with Crippen LogP contribution < -0.4 is 0 Å². The molecule has 0 aliphatic carbocycles. The zero-order valence-electron chi connectivity index (χ0n) is 15.3. The van der Waals surface area contributed by atoms with E-state index in [-0.39, 0.29) is 29.9 Å². The average Bonchev–Trinajstić information content (AvgIpc) is 3.42. The second kappa shape index (κ2) is 7.89. The fourth-order valence-electron chi connectivity index (χ4n) is 3.48. The number of thiophene rings is 1. The molecule has 0 N–H and O–H groups in total. The summed E-state index contributed by atoms with van der Waals surface area (Å²) < 4.78 is 25.6. The van der Waals surface area contributed by atoms with Gasteiger partial charge in [0.15, 0.2) is 9.84 Å². The summed E-state index contributed by atoms with van der Waals surface area (Å²) in [7, 11) is -3.06. The summed E-state index contributed by atoms with van der Waals surface area (Å²) in [5, 5.41) is 6.17. The van der Waals surface area contributed by atoms with Gasteiger partial charge in [0.1, 0.15) is 0 Å². The van der Waals surface area contributed by atoms with Crippen LogP contribution in [-0.4, -0.2) is 46.6 Å². The van der Waals surface area contributed by atoms with Crippen LogP contribution in [0.5, 0.6) is 0 Å². The lowest BCUT2D eigenvalue weighted by atomic mass is 10.1. The summed E-state index contributed by atoms with van der Waals surface area (Å²) in [6.07, 6.45) is 4.35. The van der Waals surface area contributed by atoms with E-state index < -0.39 is 9.84 Å². The first-order chi connectivity index (χ1) is 13.5. The highest BCUT2D eigenvalue weighted by molar-refractivity contribution is 7.91. The lowest BCUT2D eigenvalue weighted by molar-refractivity contribution is -0.133. The Morgan fingerprint density at radius 3 is 2.64 bits per heavy atom. The van der Waals surface area contributed by atoms with Gasteiger partial charge in [0.2, 0.25) is 5.91 Å². The van der Waals surface area contributed by atoms with Crippen LogP contribution in [0.4, 0.5) is 0 Å². The van der Waals surface area contributed by atoms with Gasteiger partial charge in [-0.2, -0.15) is 5.10 Å². The molecule has 1 amide bonds. The summed E-state index contributed by atoms with van der Waals surface area (Å²) in [6.45, 7) is 0.460. The minimum absolute atomic E-state index is 0.0395. The third-order valence-electron chi connectivity index (χ3n) is 4.94. The molecule has 4 rings (SSSR count). The maximum absolute atomic E-state index is 13.1. The monoisotopic (exact) mass is 415 g/mol. The molecule has 2 aromatic heterocycles. The number of sulfone groups is 1. The van der Waals surface area contributed by atoms with Crippen molar-refractivity contribution in [3.63, 3.8) is 0 Å². The summed E-state index contributed by atoms with van der Waals surface area (Å²) in [5.41, 5.74) is 1.83. The van der Waals surface area contributed by atoms with Gasteiger partial charge < -0.3 is 4.90 Å². The molecule has 6 nitrogen and oxygen atoms in total. The Hall–Kier alpha value is -2.45. The van der Waals surface area contributed by atoms with Crippen molar-refractivity contribution < 1.29 is 13.2 Å². The lowest BCUT2D eigenvalue weighted by Crippen LogP contribution is -2.41. The standard InChI is InChI=1S/C20H21N3O3S2/c24-20(13-16-4-6-17(7-5-16)23-10-2-9-21-23)22(14-19-3-1-11-27-19)18-8-12-28(25,26)15-18/h1-7,9-11,18H,8,12-15H2/t18-/m0/s1. The average molecular weight is 416 g/mol. The molecule has 1 atom stereocenters. The molecule has 1 aliphatic rings. The third-order valence-corrected chi connectivity index (χ3v) is 7.55. The zero-order chi connectivity index (χ0) is 19.6. The first kappa shape index (κ1) is 18.9. The van der Waals surface area contributed by atoms with Crippen LogP contribution in [0.15, 0.2) is 60.2 Å². The van der Waals surface area contributed by atoms with Gasteiger partial charge >= 0.3 is 0 Å². The van der Waals surface area contributed by atoms with E-state index in [4.69, 9.17) is 0 Å². The molecule has 1 aromatic carbocycles. The number of amides is 1. The molecule has 1 saturated heterocycles.